The SMILES string of the molecule is CC1(C)CC(n2ccnc2/C(N)=N/O)C(C)(C)O1. The molecule has 100 valence electrons. The average Bonchev–Trinajstić information content (AvgIpc) is 2.78. The maximum atomic E-state index is 8.78. The van der Waals surface area contributed by atoms with Gasteiger partial charge in [0.25, 0.3) is 0 Å². The second-order valence-corrected chi connectivity index (χ2v) is 5.83. The van der Waals surface area contributed by atoms with Gasteiger partial charge >= 0.3 is 0 Å². The van der Waals surface area contributed by atoms with E-state index in [9.17, 15) is 0 Å². The maximum absolute atomic E-state index is 8.78. The van der Waals surface area contributed by atoms with Crippen LogP contribution < -0.4 is 5.73 Å². The number of amidine groups is 1. The molecule has 2 heterocycles. The van der Waals surface area contributed by atoms with Gasteiger partial charge in [-0.3, -0.25) is 0 Å². The third-order valence-corrected chi connectivity index (χ3v) is 3.37. The van der Waals surface area contributed by atoms with Gasteiger partial charge < -0.3 is 20.2 Å². The molecular weight excluding hydrogens is 232 g/mol. The highest BCUT2D eigenvalue weighted by Crippen LogP contribution is 2.45. The van der Waals surface area contributed by atoms with Gasteiger partial charge in [-0.1, -0.05) is 5.16 Å². The molecule has 18 heavy (non-hydrogen) atoms. The van der Waals surface area contributed by atoms with E-state index in [4.69, 9.17) is 15.7 Å². The first-order valence-electron chi connectivity index (χ1n) is 5.98. The molecule has 0 spiro atoms. The molecule has 0 bridgehead atoms. The van der Waals surface area contributed by atoms with Gasteiger partial charge in [0.2, 0.25) is 5.84 Å². The van der Waals surface area contributed by atoms with Crippen LogP contribution in [0.4, 0.5) is 0 Å². The fraction of sp³-hybridized carbons (Fsp3) is 0.667. The lowest BCUT2D eigenvalue weighted by Crippen LogP contribution is -2.33. The molecule has 1 aromatic heterocycles. The van der Waals surface area contributed by atoms with Crippen LogP contribution in [0.2, 0.25) is 0 Å². The number of rotatable bonds is 2. The molecule has 6 nitrogen and oxygen atoms in total. The van der Waals surface area contributed by atoms with E-state index < -0.39 is 0 Å². The zero-order valence-corrected chi connectivity index (χ0v) is 11.2. The number of nitrogens with two attached hydrogens (primary N) is 1. The molecular formula is C12H20N4O2. The molecule has 1 aromatic rings. The van der Waals surface area contributed by atoms with E-state index in [0.717, 1.165) is 6.42 Å². The maximum Gasteiger partial charge on any atom is 0.206 e. The van der Waals surface area contributed by atoms with Crippen molar-refractivity contribution in [1.29, 1.82) is 0 Å². The Labute approximate surface area is 106 Å². The molecule has 0 aromatic carbocycles. The quantitative estimate of drug-likeness (QED) is 0.361. The highest BCUT2D eigenvalue weighted by Gasteiger charge is 2.47. The van der Waals surface area contributed by atoms with Crippen molar-refractivity contribution in [3.63, 3.8) is 0 Å². The minimum atomic E-state index is -0.325. The second kappa shape index (κ2) is 3.98. The van der Waals surface area contributed by atoms with Crippen molar-refractivity contribution in [2.45, 2.75) is 51.4 Å². The van der Waals surface area contributed by atoms with Gasteiger partial charge in [0.15, 0.2) is 5.82 Å². The summed E-state index contributed by atoms with van der Waals surface area (Å²) in [6.07, 6.45) is 4.33. The highest BCUT2D eigenvalue weighted by atomic mass is 16.5. The van der Waals surface area contributed by atoms with Gasteiger partial charge in [-0.25, -0.2) is 4.98 Å². The normalized spacial score (nSPS) is 26.4. The summed E-state index contributed by atoms with van der Waals surface area (Å²) in [7, 11) is 0. The Morgan fingerprint density at radius 2 is 2.22 bits per heavy atom. The third kappa shape index (κ3) is 2.08. The summed E-state index contributed by atoms with van der Waals surface area (Å²) in [5.74, 6) is 0.484. The zero-order chi connectivity index (χ0) is 13.6. The minimum absolute atomic E-state index is 0.0144. The number of ether oxygens (including phenoxy) is 1. The molecule has 1 aliphatic rings. The summed E-state index contributed by atoms with van der Waals surface area (Å²) < 4.78 is 7.97. The van der Waals surface area contributed by atoms with Crippen molar-refractivity contribution in [2.24, 2.45) is 10.9 Å². The van der Waals surface area contributed by atoms with Crippen LogP contribution >= 0.6 is 0 Å². The summed E-state index contributed by atoms with van der Waals surface area (Å²) in [5, 5.41) is 11.8. The molecule has 6 heteroatoms. The minimum Gasteiger partial charge on any atom is -0.409 e. The smallest absolute Gasteiger partial charge is 0.206 e. The van der Waals surface area contributed by atoms with Crippen molar-refractivity contribution < 1.29 is 9.94 Å². The lowest BCUT2D eigenvalue weighted by Gasteiger charge is -2.28. The van der Waals surface area contributed by atoms with E-state index in [1.165, 1.54) is 0 Å². The predicted octanol–water partition coefficient (Wildman–Crippen LogP) is 1.50. The number of hydrogen-bond acceptors (Lipinski definition) is 4. The Balaban J connectivity index is 2.41. The van der Waals surface area contributed by atoms with Gasteiger partial charge in [0, 0.05) is 12.4 Å². The summed E-state index contributed by atoms with van der Waals surface area (Å²) in [6, 6.07) is 0.102. The van der Waals surface area contributed by atoms with Gasteiger partial charge in [0.1, 0.15) is 0 Å². The Morgan fingerprint density at radius 3 is 2.72 bits per heavy atom. The van der Waals surface area contributed by atoms with Crippen molar-refractivity contribution in [2.75, 3.05) is 0 Å². The first kappa shape index (κ1) is 12.9. The Kier molecular flexibility index (Phi) is 2.85. The first-order valence-corrected chi connectivity index (χ1v) is 5.98. The van der Waals surface area contributed by atoms with E-state index in [1.54, 1.807) is 6.20 Å². The molecule has 1 saturated heterocycles. The largest absolute Gasteiger partial charge is 0.409 e. The lowest BCUT2D eigenvalue weighted by atomic mass is 9.94. The summed E-state index contributed by atoms with van der Waals surface area (Å²) in [5.41, 5.74) is 5.12. The van der Waals surface area contributed by atoms with Crippen molar-refractivity contribution >= 4 is 5.84 Å². The van der Waals surface area contributed by atoms with Crippen LogP contribution in [0.15, 0.2) is 17.5 Å². The van der Waals surface area contributed by atoms with Crippen molar-refractivity contribution in [3.8, 4) is 0 Å². The fourth-order valence-electron chi connectivity index (χ4n) is 2.77. The lowest BCUT2D eigenvalue weighted by molar-refractivity contribution is -0.0729. The summed E-state index contributed by atoms with van der Waals surface area (Å²) in [4.78, 5) is 4.14. The average molecular weight is 252 g/mol. The number of imidazole rings is 1. The highest BCUT2D eigenvalue weighted by molar-refractivity contribution is 5.93. The fourth-order valence-corrected chi connectivity index (χ4v) is 2.77. The van der Waals surface area contributed by atoms with E-state index in [-0.39, 0.29) is 23.1 Å². The number of hydrogen-bond donors (Lipinski definition) is 2. The Morgan fingerprint density at radius 1 is 1.56 bits per heavy atom. The first-order chi connectivity index (χ1) is 8.27. The molecule has 1 fully saturated rings. The monoisotopic (exact) mass is 252 g/mol. The van der Waals surface area contributed by atoms with Crippen LogP contribution in [0.3, 0.4) is 0 Å². The Bertz CT molecular complexity index is 476. The summed E-state index contributed by atoms with van der Waals surface area (Å²) >= 11 is 0. The van der Waals surface area contributed by atoms with Crippen LogP contribution in [0.1, 0.15) is 46.0 Å². The molecule has 1 atom stereocenters. The molecule has 0 amide bonds. The molecule has 0 radical (unpaired) electrons. The van der Waals surface area contributed by atoms with Gasteiger partial charge in [-0.2, -0.15) is 0 Å². The van der Waals surface area contributed by atoms with E-state index in [2.05, 4.69) is 24.0 Å². The van der Waals surface area contributed by atoms with Crippen molar-refractivity contribution in [3.05, 3.63) is 18.2 Å². The van der Waals surface area contributed by atoms with E-state index in [1.807, 2.05) is 24.6 Å². The number of nitrogens with zero attached hydrogens (tertiary/aromatic N) is 3. The van der Waals surface area contributed by atoms with Gasteiger partial charge in [-0.15, -0.1) is 0 Å². The summed E-state index contributed by atoms with van der Waals surface area (Å²) in [6.45, 7) is 8.22. The van der Waals surface area contributed by atoms with Crippen LogP contribution in [0.25, 0.3) is 0 Å². The van der Waals surface area contributed by atoms with E-state index >= 15 is 0 Å². The second-order valence-electron chi connectivity index (χ2n) is 5.83. The van der Waals surface area contributed by atoms with Crippen LogP contribution in [-0.4, -0.2) is 31.8 Å². The molecule has 3 N–H and O–H groups in total. The standard InChI is InChI=1S/C12H20N4O2/c1-11(2)7-8(12(3,4)18-11)16-6-5-14-10(16)9(13)15-17/h5-6,8,17H,7H2,1-4H3,(H2,13,15). The molecule has 1 unspecified atom stereocenters. The van der Waals surface area contributed by atoms with Gasteiger partial charge in [-0.05, 0) is 34.1 Å². The van der Waals surface area contributed by atoms with Crippen molar-refractivity contribution in [1.82, 2.24) is 9.55 Å². The van der Waals surface area contributed by atoms with E-state index in [0.29, 0.717) is 5.82 Å². The molecule has 0 saturated carbocycles. The zero-order valence-electron chi connectivity index (χ0n) is 11.2. The number of aromatic nitrogens is 2. The molecule has 2 rings (SSSR count). The molecule has 0 aliphatic carbocycles. The Hall–Kier alpha value is -1.56. The number of oxime groups is 1. The van der Waals surface area contributed by atoms with Crippen LogP contribution in [-0.2, 0) is 4.74 Å². The topological polar surface area (TPSA) is 85.7 Å². The van der Waals surface area contributed by atoms with Crippen LogP contribution in [0.5, 0.6) is 0 Å². The van der Waals surface area contributed by atoms with Gasteiger partial charge in [0.05, 0.1) is 17.2 Å². The predicted molar refractivity (Wildman–Crippen MR) is 67.6 cm³/mol. The van der Waals surface area contributed by atoms with Crippen LogP contribution in [0, 0.1) is 0 Å². The molecule has 1 aliphatic heterocycles. The third-order valence-electron chi connectivity index (χ3n) is 3.37.